The minimum absolute atomic E-state index is 0.204. The Kier molecular flexibility index (Phi) is 8.61. The van der Waals surface area contributed by atoms with Gasteiger partial charge in [-0.15, -0.1) is 0 Å². The number of allylic oxidation sites excluding steroid dienone is 4. The van der Waals surface area contributed by atoms with E-state index in [-0.39, 0.29) is 5.41 Å². The van der Waals surface area contributed by atoms with Crippen molar-refractivity contribution in [2.24, 2.45) is 0 Å². The zero-order valence-corrected chi connectivity index (χ0v) is 39.3. The van der Waals surface area contributed by atoms with E-state index in [4.69, 9.17) is 15.7 Å². The number of rotatable bonds is 6. The third kappa shape index (κ3) is 5.46. The topological polar surface area (TPSA) is 25.6 Å². The summed E-state index contributed by atoms with van der Waals surface area (Å²) in [6.45, 7) is 12.0. The monoisotopic (exact) mass is 897 g/mol. The number of anilines is 2. The van der Waals surface area contributed by atoms with Crippen LogP contribution >= 0.6 is 0 Å². The van der Waals surface area contributed by atoms with Crippen LogP contribution in [-0.2, 0) is 10.8 Å². The standard InChI is InChI=1S/C67H47NO2/c1-5-17-57-62(54-24-11-14-28-56(54)67(57)58-38-32-42-18-6-8-20-48(42)64(58)70-65-49-21-9-7-19-43(49)33-39-59(65)67)41(2)68(46-36-37-51-50-22-10-13-27-55(50)66(3,4)60(51)40-46)45-34-30-44(31-35-45)47-25-16-26-53-52-23-12-15-29-61(52)69-63(47)53/h5-40H,2H2,1,3-4H3/b17-5-. The van der Waals surface area contributed by atoms with E-state index in [2.05, 4.69) is 232 Å². The first kappa shape index (κ1) is 40.4. The second-order valence-electron chi connectivity index (χ2n) is 19.5. The Morgan fingerprint density at radius 3 is 1.77 bits per heavy atom. The van der Waals surface area contributed by atoms with Gasteiger partial charge in [0.05, 0.1) is 5.41 Å². The first-order chi connectivity index (χ1) is 34.4. The van der Waals surface area contributed by atoms with E-state index in [0.29, 0.717) is 0 Å². The smallest absolute Gasteiger partial charge is 0.143 e. The Labute approximate surface area is 407 Å². The molecular formula is C67H47NO2. The molecule has 0 radical (unpaired) electrons. The van der Waals surface area contributed by atoms with E-state index in [9.17, 15) is 0 Å². The molecule has 1 aromatic heterocycles. The van der Waals surface area contributed by atoms with Gasteiger partial charge in [-0.1, -0.05) is 209 Å². The predicted octanol–water partition coefficient (Wildman–Crippen LogP) is 18.0. The van der Waals surface area contributed by atoms with Crippen LogP contribution < -0.4 is 9.64 Å². The number of para-hydroxylation sites is 2. The summed E-state index contributed by atoms with van der Waals surface area (Å²) in [5.41, 5.74) is 18.0. The normalized spacial score (nSPS) is 14.8. The molecule has 0 amide bonds. The number of hydrogen-bond acceptors (Lipinski definition) is 3. The molecule has 0 saturated heterocycles. The van der Waals surface area contributed by atoms with Gasteiger partial charge in [0.2, 0.25) is 0 Å². The Morgan fingerprint density at radius 1 is 0.486 bits per heavy atom. The SMILES string of the molecule is C=C(C1=C(/C=C\C)C2(c3ccccc31)c1ccc3ccccc3c1Oc1c2ccc2ccccc12)N(c1ccc(-c2cccc3c2oc2ccccc23)cc1)c1ccc2c(c1)C(C)(C)c1ccccc1-2. The van der Waals surface area contributed by atoms with Crippen LogP contribution in [-0.4, -0.2) is 0 Å². The Hall–Kier alpha value is -8.66. The molecule has 0 atom stereocenters. The van der Waals surface area contributed by atoms with Crippen LogP contribution in [0.4, 0.5) is 11.4 Å². The fourth-order valence-electron chi connectivity index (χ4n) is 12.5. The molecule has 332 valence electrons. The Morgan fingerprint density at radius 2 is 1.06 bits per heavy atom. The van der Waals surface area contributed by atoms with Crippen molar-refractivity contribution in [1.29, 1.82) is 0 Å². The van der Waals surface area contributed by atoms with Gasteiger partial charge in [-0.3, -0.25) is 0 Å². The Balaban J connectivity index is 1.03. The van der Waals surface area contributed by atoms with Crippen LogP contribution in [0, 0.1) is 0 Å². The van der Waals surface area contributed by atoms with Crippen molar-refractivity contribution in [3.05, 3.63) is 270 Å². The molecule has 0 N–H and O–H groups in total. The third-order valence-corrected chi connectivity index (χ3v) is 15.6. The highest BCUT2D eigenvalue weighted by molar-refractivity contribution is 6.10. The van der Waals surface area contributed by atoms with Gasteiger partial charge in [0.25, 0.3) is 0 Å². The zero-order valence-electron chi connectivity index (χ0n) is 39.3. The first-order valence-electron chi connectivity index (χ1n) is 24.3. The van der Waals surface area contributed by atoms with Crippen LogP contribution in [0.3, 0.4) is 0 Å². The average Bonchev–Trinajstić information content (AvgIpc) is 4.00. The molecule has 0 bridgehead atoms. The largest absolute Gasteiger partial charge is 0.455 e. The summed E-state index contributed by atoms with van der Waals surface area (Å²) in [4.78, 5) is 2.39. The fourth-order valence-corrected chi connectivity index (χ4v) is 12.5. The molecule has 14 rings (SSSR count). The van der Waals surface area contributed by atoms with Gasteiger partial charge in [0, 0.05) is 66.3 Å². The van der Waals surface area contributed by atoms with Crippen LogP contribution in [0.2, 0.25) is 0 Å². The van der Waals surface area contributed by atoms with Gasteiger partial charge in [-0.2, -0.15) is 0 Å². The van der Waals surface area contributed by atoms with Gasteiger partial charge in [0.15, 0.2) is 0 Å². The quantitative estimate of drug-likeness (QED) is 0.166. The number of ether oxygens (including phenoxy) is 1. The van der Waals surface area contributed by atoms with Crippen molar-refractivity contribution < 1.29 is 9.15 Å². The molecule has 11 aromatic rings. The molecular weight excluding hydrogens is 851 g/mol. The molecule has 1 spiro atoms. The number of fused-ring (bicyclic) bond motifs is 16. The minimum atomic E-state index is -0.749. The molecule has 2 heterocycles. The van der Waals surface area contributed by atoms with Crippen molar-refractivity contribution in [2.45, 2.75) is 31.6 Å². The molecule has 0 unspecified atom stereocenters. The van der Waals surface area contributed by atoms with Crippen molar-refractivity contribution in [2.75, 3.05) is 4.90 Å². The molecule has 1 aliphatic heterocycles. The van der Waals surface area contributed by atoms with Crippen LogP contribution in [0.1, 0.15) is 54.2 Å². The van der Waals surface area contributed by atoms with Crippen molar-refractivity contribution in [3.63, 3.8) is 0 Å². The number of benzene rings is 10. The maximum Gasteiger partial charge on any atom is 0.143 e. The maximum atomic E-state index is 7.31. The summed E-state index contributed by atoms with van der Waals surface area (Å²) in [5, 5.41) is 6.69. The van der Waals surface area contributed by atoms with Crippen LogP contribution in [0.15, 0.2) is 241 Å². The van der Waals surface area contributed by atoms with E-state index in [1.807, 2.05) is 12.1 Å². The summed E-state index contributed by atoms with van der Waals surface area (Å²) in [6, 6.07) is 74.9. The second kappa shape index (κ2) is 14.9. The molecule has 2 aliphatic carbocycles. The van der Waals surface area contributed by atoms with Crippen molar-refractivity contribution >= 4 is 60.4 Å². The molecule has 70 heavy (non-hydrogen) atoms. The lowest BCUT2D eigenvalue weighted by Crippen LogP contribution is -2.33. The summed E-state index contributed by atoms with van der Waals surface area (Å²) in [7, 11) is 0. The molecule has 3 nitrogen and oxygen atoms in total. The van der Waals surface area contributed by atoms with Gasteiger partial charge >= 0.3 is 0 Å². The van der Waals surface area contributed by atoms with E-state index in [1.54, 1.807) is 0 Å². The number of hydrogen-bond donors (Lipinski definition) is 0. The van der Waals surface area contributed by atoms with Gasteiger partial charge in [0.1, 0.15) is 22.7 Å². The van der Waals surface area contributed by atoms with Crippen molar-refractivity contribution in [1.82, 2.24) is 0 Å². The second-order valence-corrected chi connectivity index (χ2v) is 19.5. The fraction of sp³-hybridized carbons (Fsp3) is 0.0746. The van der Waals surface area contributed by atoms with Gasteiger partial charge in [-0.05, 0) is 92.5 Å². The minimum Gasteiger partial charge on any atom is -0.455 e. The highest BCUT2D eigenvalue weighted by Gasteiger charge is 2.53. The van der Waals surface area contributed by atoms with E-state index in [1.165, 1.54) is 27.8 Å². The zero-order chi connectivity index (χ0) is 46.9. The van der Waals surface area contributed by atoms with Crippen molar-refractivity contribution in [3.8, 4) is 33.8 Å². The van der Waals surface area contributed by atoms with E-state index in [0.717, 1.165) is 111 Å². The molecule has 3 aliphatic rings. The Bertz CT molecular complexity index is 4020. The summed E-state index contributed by atoms with van der Waals surface area (Å²) in [5.74, 6) is 1.77. The summed E-state index contributed by atoms with van der Waals surface area (Å²) >= 11 is 0. The van der Waals surface area contributed by atoms with Gasteiger partial charge in [-0.25, -0.2) is 0 Å². The van der Waals surface area contributed by atoms with E-state index >= 15 is 0 Å². The van der Waals surface area contributed by atoms with Crippen LogP contribution in [0.25, 0.3) is 71.3 Å². The highest BCUT2D eigenvalue weighted by Crippen LogP contribution is 2.65. The van der Waals surface area contributed by atoms with Gasteiger partial charge < -0.3 is 14.1 Å². The molecule has 0 saturated carbocycles. The molecule has 3 heteroatoms. The maximum absolute atomic E-state index is 7.31. The number of furan rings is 1. The first-order valence-corrected chi connectivity index (χ1v) is 24.3. The third-order valence-electron chi connectivity index (χ3n) is 15.6. The summed E-state index contributed by atoms with van der Waals surface area (Å²) in [6.07, 6.45) is 4.53. The molecule has 0 fully saturated rings. The number of nitrogens with zero attached hydrogens (tertiary/aromatic N) is 1. The average molecular weight is 898 g/mol. The van der Waals surface area contributed by atoms with E-state index < -0.39 is 5.41 Å². The summed E-state index contributed by atoms with van der Waals surface area (Å²) < 4.78 is 13.9. The predicted molar refractivity (Wildman–Crippen MR) is 290 cm³/mol. The lowest BCUT2D eigenvalue weighted by Gasteiger charge is -2.41. The highest BCUT2D eigenvalue weighted by atomic mass is 16.5. The lowest BCUT2D eigenvalue weighted by atomic mass is 9.64. The molecule has 10 aromatic carbocycles. The lowest BCUT2D eigenvalue weighted by molar-refractivity contribution is 0.446. The van der Waals surface area contributed by atoms with Crippen LogP contribution in [0.5, 0.6) is 11.5 Å².